The van der Waals surface area contributed by atoms with Gasteiger partial charge in [0.2, 0.25) is 0 Å². The average molecular weight is 548 g/mol. The molecule has 39 heavy (non-hydrogen) atoms. The fourth-order valence-corrected chi connectivity index (χ4v) is 5.17. The number of aromatic nitrogens is 5. The van der Waals surface area contributed by atoms with Crippen LogP contribution >= 0.6 is 0 Å². The summed E-state index contributed by atoms with van der Waals surface area (Å²) in [6, 6.07) is 18.2. The van der Waals surface area contributed by atoms with Gasteiger partial charge in [-0.15, -0.1) is 10.2 Å². The molecule has 0 aliphatic carbocycles. The van der Waals surface area contributed by atoms with Crippen molar-refractivity contribution < 1.29 is 13.9 Å². The normalized spacial score (nSPS) is 12.1. The van der Waals surface area contributed by atoms with E-state index in [2.05, 4.69) is 68.3 Å². The van der Waals surface area contributed by atoms with Crippen molar-refractivity contribution in [2.45, 2.75) is 71.9 Å². The van der Waals surface area contributed by atoms with E-state index in [9.17, 15) is 0 Å². The summed E-state index contributed by atoms with van der Waals surface area (Å²) >= 11 is 0. The van der Waals surface area contributed by atoms with Crippen LogP contribution in [0.2, 0.25) is 18.1 Å². The predicted molar refractivity (Wildman–Crippen MR) is 157 cm³/mol. The average Bonchev–Trinajstić information content (AvgIpc) is 3.48. The van der Waals surface area contributed by atoms with E-state index >= 15 is 0 Å². The number of nitrogens with zero attached hydrogens (tertiary/aromatic N) is 5. The Balaban J connectivity index is 1.60. The maximum absolute atomic E-state index is 6.43. The molecule has 0 saturated carbocycles. The maximum atomic E-state index is 6.43. The Labute approximate surface area is 233 Å². The zero-order chi connectivity index (χ0) is 28.0. The smallest absolute Gasteiger partial charge is 0.191 e. The van der Waals surface area contributed by atoms with E-state index in [1.54, 1.807) is 13.4 Å². The summed E-state index contributed by atoms with van der Waals surface area (Å²) in [4.78, 5) is 0. The lowest BCUT2D eigenvalue weighted by atomic mass is 10.2. The molecule has 0 N–H and O–H groups in total. The van der Waals surface area contributed by atoms with Gasteiger partial charge in [0.05, 0.1) is 13.7 Å². The van der Waals surface area contributed by atoms with E-state index in [0.717, 1.165) is 46.3 Å². The van der Waals surface area contributed by atoms with E-state index < -0.39 is 8.32 Å². The number of aryl methyl sites for hydroxylation is 2. The fraction of sp³-hybridized carbons (Fsp3) is 0.433. The second-order valence-electron chi connectivity index (χ2n) is 11.4. The number of ether oxygens (including phenoxy) is 2. The number of benzene rings is 2. The molecule has 0 bridgehead atoms. The minimum absolute atomic E-state index is 0.177. The molecule has 0 saturated heterocycles. The summed E-state index contributed by atoms with van der Waals surface area (Å²) in [6.45, 7) is 15.8. The molecule has 208 valence electrons. The van der Waals surface area contributed by atoms with E-state index in [4.69, 9.17) is 19.0 Å². The van der Waals surface area contributed by atoms with Crippen molar-refractivity contribution in [1.29, 1.82) is 0 Å². The third kappa shape index (κ3) is 6.96. The summed E-state index contributed by atoms with van der Waals surface area (Å²) in [6.07, 6.45) is 2.60. The molecular formula is C30H41N5O3Si. The van der Waals surface area contributed by atoms with Gasteiger partial charge >= 0.3 is 0 Å². The second-order valence-corrected chi connectivity index (χ2v) is 16.2. The third-order valence-corrected chi connectivity index (χ3v) is 12.0. The highest BCUT2D eigenvalue weighted by Gasteiger charge is 2.36. The third-order valence-electron chi connectivity index (χ3n) is 7.42. The number of rotatable bonds is 12. The van der Waals surface area contributed by atoms with Gasteiger partial charge in [0.1, 0.15) is 30.1 Å². The molecule has 9 heteroatoms. The Morgan fingerprint density at radius 2 is 1.67 bits per heavy atom. The van der Waals surface area contributed by atoms with E-state index in [0.29, 0.717) is 26.3 Å². The van der Waals surface area contributed by atoms with E-state index in [-0.39, 0.29) is 5.04 Å². The maximum Gasteiger partial charge on any atom is 0.191 e. The lowest BCUT2D eigenvalue weighted by Gasteiger charge is -2.36. The van der Waals surface area contributed by atoms with Crippen LogP contribution in [-0.4, -0.2) is 46.6 Å². The lowest BCUT2D eigenvalue weighted by molar-refractivity contribution is 0.272. The molecule has 0 amide bonds. The minimum atomic E-state index is -1.81. The number of hydrogen-bond donors (Lipinski definition) is 0. The first-order chi connectivity index (χ1) is 18.6. The lowest BCUT2D eigenvalue weighted by Crippen LogP contribution is -2.41. The standard InChI is InChI=1S/C30H41N5O3Si/c1-23-28(37-21-25-12-9-8-10-13-25)27(35(33-23)18-11-19-38-39(6,7)30(2,3)4)29-32-31-22-34(29)20-24-14-16-26(36-5)17-15-24/h8-10,12-17,22H,11,18-21H2,1-7H3. The molecule has 0 unspecified atom stereocenters. The van der Waals surface area contributed by atoms with Crippen molar-refractivity contribution in [2.24, 2.45) is 0 Å². The first-order valence-corrected chi connectivity index (χ1v) is 16.4. The highest BCUT2D eigenvalue weighted by atomic mass is 28.4. The van der Waals surface area contributed by atoms with Crippen LogP contribution in [0.4, 0.5) is 0 Å². The first-order valence-electron chi connectivity index (χ1n) is 13.5. The van der Waals surface area contributed by atoms with Gasteiger partial charge in [0, 0.05) is 13.2 Å². The van der Waals surface area contributed by atoms with Crippen LogP contribution in [0.5, 0.6) is 11.5 Å². The molecule has 4 aromatic rings. The van der Waals surface area contributed by atoms with Gasteiger partial charge in [0.15, 0.2) is 19.9 Å². The molecule has 0 radical (unpaired) electrons. The minimum Gasteiger partial charge on any atom is -0.497 e. The van der Waals surface area contributed by atoms with Crippen LogP contribution in [0.15, 0.2) is 60.9 Å². The van der Waals surface area contributed by atoms with E-state index in [1.807, 2.05) is 46.5 Å². The van der Waals surface area contributed by atoms with Crippen LogP contribution < -0.4 is 9.47 Å². The predicted octanol–water partition coefficient (Wildman–Crippen LogP) is 6.50. The quantitative estimate of drug-likeness (QED) is 0.149. The van der Waals surface area contributed by atoms with Crippen molar-refractivity contribution in [2.75, 3.05) is 13.7 Å². The van der Waals surface area contributed by atoms with Gasteiger partial charge in [-0.05, 0) is 54.7 Å². The first kappa shape index (κ1) is 28.6. The topological polar surface area (TPSA) is 76.2 Å². The van der Waals surface area contributed by atoms with Gasteiger partial charge < -0.3 is 18.5 Å². The molecule has 2 aromatic heterocycles. The Bertz CT molecular complexity index is 1340. The summed E-state index contributed by atoms with van der Waals surface area (Å²) < 4.78 is 22.2. The highest BCUT2D eigenvalue weighted by molar-refractivity contribution is 6.74. The summed E-state index contributed by atoms with van der Waals surface area (Å²) in [7, 11) is -0.143. The van der Waals surface area contributed by atoms with Crippen LogP contribution in [0.1, 0.15) is 44.0 Å². The molecule has 0 spiro atoms. The molecule has 2 heterocycles. The number of methoxy groups -OCH3 is 1. The summed E-state index contributed by atoms with van der Waals surface area (Å²) in [5, 5.41) is 13.9. The molecule has 0 aliphatic heterocycles. The Hall–Kier alpha value is -3.43. The Morgan fingerprint density at radius 3 is 2.33 bits per heavy atom. The van der Waals surface area contributed by atoms with Gasteiger partial charge in [-0.1, -0.05) is 63.2 Å². The highest BCUT2D eigenvalue weighted by Crippen LogP contribution is 2.37. The second kappa shape index (κ2) is 12.2. The summed E-state index contributed by atoms with van der Waals surface area (Å²) in [5.41, 5.74) is 3.87. The van der Waals surface area contributed by atoms with Crippen molar-refractivity contribution >= 4 is 8.32 Å². The molecule has 2 aromatic carbocycles. The van der Waals surface area contributed by atoms with Crippen LogP contribution in [-0.2, 0) is 24.1 Å². The Morgan fingerprint density at radius 1 is 0.949 bits per heavy atom. The molecular weight excluding hydrogens is 506 g/mol. The number of hydrogen-bond acceptors (Lipinski definition) is 6. The van der Waals surface area contributed by atoms with Gasteiger partial charge in [-0.3, -0.25) is 4.68 Å². The van der Waals surface area contributed by atoms with Crippen molar-refractivity contribution in [3.63, 3.8) is 0 Å². The van der Waals surface area contributed by atoms with Crippen LogP contribution in [0, 0.1) is 6.92 Å². The van der Waals surface area contributed by atoms with E-state index in [1.165, 1.54) is 0 Å². The molecule has 0 aliphatic rings. The van der Waals surface area contributed by atoms with Gasteiger partial charge in [-0.25, -0.2) is 0 Å². The SMILES string of the molecule is COc1ccc(Cn2cnnc2-c2c(OCc3ccccc3)c(C)nn2CCCO[Si](C)(C)C(C)(C)C)cc1. The molecule has 8 nitrogen and oxygen atoms in total. The Kier molecular flexibility index (Phi) is 8.92. The summed E-state index contributed by atoms with van der Waals surface area (Å²) in [5.74, 6) is 2.28. The van der Waals surface area contributed by atoms with Crippen molar-refractivity contribution in [1.82, 2.24) is 24.5 Å². The fourth-order valence-electron chi connectivity index (χ4n) is 4.09. The zero-order valence-corrected chi connectivity index (χ0v) is 25.3. The van der Waals surface area contributed by atoms with Gasteiger partial charge in [-0.2, -0.15) is 5.10 Å². The zero-order valence-electron chi connectivity index (χ0n) is 24.3. The van der Waals surface area contributed by atoms with Gasteiger partial charge in [0.25, 0.3) is 0 Å². The van der Waals surface area contributed by atoms with Crippen LogP contribution in [0.3, 0.4) is 0 Å². The van der Waals surface area contributed by atoms with Crippen LogP contribution in [0.25, 0.3) is 11.5 Å². The van der Waals surface area contributed by atoms with Crippen molar-refractivity contribution in [3.8, 4) is 23.0 Å². The monoisotopic (exact) mass is 547 g/mol. The largest absolute Gasteiger partial charge is 0.497 e. The molecule has 0 fully saturated rings. The van der Waals surface area contributed by atoms with Crippen molar-refractivity contribution in [3.05, 3.63) is 77.7 Å². The molecule has 0 atom stereocenters. The molecule has 4 rings (SSSR count).